The molecule has 1 N–H and O–H groups in total. The molecule has 1 spiro atoms. The lowest BCUT2D eigenvalue weighted by molar-refractivity contribution is -0.145. The highest BCUT2D eigenvalue weighted by molar-refractivity contribution is 5.86. The van der Waals surface area contributed by atoms with Crippen LogP contribution in [0.3, 0.4) is 0 Å². The van der Waals surface area contributed by atoms with Crippen LogP contribution in [0.1, 0.15) is 88.2 Å². The van der Waals surface area contributed by atoms with Gasteiger partial charge in [-0.1, -0.05) is 32.9 Å². The molecule has 1 aromatic carbocycles. The summed E-state index contributed by atoms with van der Waals surface area (Å²) in [7, 11) is 1.98. The van der Waals surface area contributed by atoms with Gasteiger partial charge < -0.3 is 10.0 Å². The van der Waals surface area contributed by atoms with Crippen molar-refractivity contribution in [2.45, 2.75) is 103 Å². The molecule has 0 radical (unpaired) electrons. The molecule has 6 nitrogen and oxygen atoms in total. The average Bonchev–Trinajstić information content (AvgIpc) is 3.59. The van der Waals surface area contributed by atoms with Gasteiger partial charge in [-0.25, -0.2) is 4.39 Å². The second-order valence-electron chi connectivity index (χ2n) is 12.8. The number of halogens is 4. The number of carboxylic acid groups (broad SMARTS) is 1. The summed E-state index contributed by atoms with van der Waals surface area (Å²) in [5.74, 6) is -0.186. The van der Waals surface area contributed by atoms with E-state index in [9.17, 15) is 14.3 Å². The summed E-state index contributed by atoms with van der Waals surface area (Å²) in [6, 6.07) is 6.73. The molecule has 0 bridgehead atoms. The van der Waals surface area contributed by atoms with Gasteiger partial charge in [0.1, 0.15) is 11.9 Å². The topological polar surface area (TPSA) is 61.6 Å². The molecule has 42 heavy (non-hydrogen) atoms. The number of hydrogen-bond donors (Lipinski definition) is 1. The van der Waals surface area contributed by atoms with E-state index in [1.54, 1.807) is 12.1 Å². The number of carboxylic acids is 1. The van der Waals surface area contributed by atoms with Crippen LogP contribution in [0.4, 0.5) is 4.39 Å². The van der Waals surface area contributed by atoms with Crippen molar-refractivity contribution in [1.29, 1.82) is 0 Å². The number of benzene rings is 1. The van der Waals surface area contributed by atoms with Crippen LogP contribution >= 0.6 is 37.2 Å². The normalized spacial score (nSPS) is 23.8. The monoisotopic (exact) mass is 646 g/mol. The van der Waals surface area contributed by atoms with Crippen LogP contribution in [0, 0.1) is 17.7 Å². The van der Waals surface area contributed by atoms with Crippen molar-refractivity contribution in [1.82, 2.24) is 19.6 Å². The largest absolute Gasteiger partial charge is 0.480 e. The summed E-state index contributed by atoms with van der Waals surface area (Å²) in [6.45, 7) is 12.6. The van der Waals surface area contributed by atoms with E-state index in [1.165, 1.54) is 48.2 Å². The molecule has 2 aliphatic carbocycles. The third-order valence-corrected chi connectivity index (χ3v) is 10.3. The van der Waals surface area contributed by atoms with Crippen LogP contribution in [0.5, 0.6) is 0 Å². The molecular formula is C32H50Cl3FN4O2. The third kappa shape index (κ3) is 6.96. The van der Waals surface area contributed by atoms with E-state index in [0.717, 1.165) is 45.4 Å². The van der Waals surface area contributed by atoms with Gasteiger partial charge in [-0.2, -0.15) is 5.10 Å². The first-order valence-corrected chi connectivity index (χ1v) is 15.2. The molecule has 1 aliphatic heterocycles. The maximum absolute atomic E-state index is 13.8. The minimum atomic E-state index is -0.746. The van der Waals surface area contributed by atoms with E-state index in [-0.39, 0.29) is 60.4 Å². The number of aryl methyl sites for hydroxylation is 2. The zero-order valence-electron chi connectivity index (χ0n) is 25.7. The summed E-state index contributed by atoms with van der Waals surface area (Å²) in [4.78, 5) is 16.9. The van der Waals surface area contributed by atoms with Gasteiger partial charge >= 0.3 is 5.97 Å². The number of piperidine rings is 1. The fraction of sp³-hybridized carbons (Fsp3) is 0.688. The lowest BCUT2D eigenvalue weighted by Gasteiger charge is -2.41. The number of hydrogen-bond acceptors (Lipinski definition) is 4. The van der Waals surface area contributed by atoms with Gasteiger partial charge in [0, 0.05) is 30.2 Å². The van der Waals surface area contributed by atoms with E-state index >= 15 is 0 Å². The summed E-state index contributed by atoms with van der Waals surface area (Å²) < 4.78 is 16.1. The highest BCUT2D eigenvalue weighted by Crippen LogP contribution is 2.48. The molecular weight excluding hydrogens is 598 g/mol. The molecule has 238 valence electrons. The van der Waals surface area contributed by atoms with Gasteiger partial charge in [-0.15, -0.1) is 37.2 Å². The van der Waals surface area contributed by atoms with Crippen molar-refractivity contribution in [3.8, 4) is 0 Å². The first-order valence-electron chi connectivity index (χ1n) is 15.2. The molecule has 2 aromatic rings. The number of likely N-dealkylation sites (tertiary alicyclic amines) is 1. The summed E-state index contributed by atoms with van der Waals surface area (Å²) in [6.07, 6.45) is 7.69. The summed E-state index contributed by atoms with van der Waals surface area (Å²) in [5.41, 5.74) is 5.81. The number of carbonyl (C=O) groups is 1. The Morgan fingerprint density at radius 3 is 2.29 bits per heavy atom. The number of fused-ring (bicyclic) bond motifs is 2. The predicted molar refractivity (Wildman–Crippen MR) is 174 cm³/mol. The molecule has 3 aliphatic rings. The van der Waals surface area contributed by atoms with Gasteiger partial charge in [0.2, 0.25) is 0 Å². The van der Waals surface area contributed by atoms with Crippen molar-refractivity contribution in [3.05, 3.63) is 52.6 Å². The Kier molecular flexibility index (Phi) is 13.2. The zero-order chi connectivity index (χ0) is 27.9. The van der Waals surface area contributed by atoms with Gasteiger partial charge in [0.25, 0.3) is 0 Å². The maximum atomic E-state index is 13.8. The molecule has 1 aromatic heterocycles. The molecule has 10 heteroatoms. The first kappa shape index (κ1) is 36.8. The van der Waals surface area contributed by atoms with E-state index in [1.807, 2.05) is 33.0 Å². The Morgan fingerprint density at radius 1 is 1.10 bits per heavy atom. The molecule has 0 amide bonds. The van der Waals surface area contributed by atoms with Crippen molar-refractivity contribution in [2.24, 2.45) is 11.8 Å². The number of rotatable bonds is 9. The Labute approximate surface area is 270 Å². The Balaban J connectivity index is 0.00000205. The lowest BCUT2D eigenvalue weighted by Crippen LogP contribution is -2.47. The molecule has 2 fully saturated rings. The lowest BCUT2D eigenvalue weighted by atomic mass is 9.75. The van der Waals surface area contributed by atoms with Crippen LogP contribution < -0.4 is 0 Å². The van der Waals surface area contributed by atoms with Gasteiger partial charge in [0.05, 0.1) is 5.69 Å². The Morgan fingerprint density at radius 2 is 1.74 bits per heavy atom. The SMILES string of the molecule is CCc1nn(CC)c2c1CCC21CCN(CC2CC(N(C)[C@@H](C(=O)O)C(C)C)C[C@@H]2c2ccc(F)cc2)CC1.Cl.Cl.Cl. The predicted octanol–water partition coefficient (Wildman–Crippen LogP) is 6.75. The van der Waals surface area contributed by atoms with Crippen molar-refractivity contribution < 1.29 is 14.3 Å². The van der Waals surface area contributed by atoms with Crippen LogP contribution in [-0.4, -0.2) is 69.4 Å². The maximum Gasteiger partial charge on any atom is 0.321 e. The summed E-state index contributed by atoms with van der Waals surface area (Å²) >= 11 is 0. The van der Waals surface area contributed by atoms with Crippen molar-refractivity contribution >= 4 is 43.2 Å². The molecule has 2 unspecified atom stereocenters. The highest BCUT2D eigenvalue weighted by atomic mass is 35.5. The van der Waals surface area contributed by atoms with Crippen molar-refractivity contribution in [3.63, 3.8) is 0 Å². The highest BCUT2D eigenvalue weighted by Gasteiger charge is 2.46. The Hall–Kier alpha value is -1.38. The zero-order valence-corrected chi connectivity index (χ0v) is 28.2. The third-order valence-electron chi connectivity index (χ3n) is 10.3. The second kappa shape index (κ2) is 15.1. The number of aliphatic carboxylic acids is 1. The average molecular weight is 648 g/mol. The molecule has 4 atom stereocenters. The summed E-state index contributed by atoms with van der Waals surface area (Å²) in [5, 5.41) is 14.9. The van der Waals surface area contributed by atoms with Gasteiger partial charge in [-0.05, 0) is 113 Å². The number of likely N-dealkylation sites (N-methyl/N-ethyl adjacent to an activating group) is 1. The van der Waals surface area contributed by atoms with E-state index in [0.29, 0.717) is 11.8 Å². The number of aromatic nitrogens is 2. The quantitative estimate of drug-likeness (QED) is 0.326. The van der Waals surface area contributed by atoms with Crippen LogP contribution in [0.15, 0.2) is 24.3 Å². The first-order chi connectivity index (χ1) is 18.7. The molecule has 2 heterocycles. The Bertz CT molecular complexity index is 1170. The fourth-order valence-corrected chi connectivity index (χ4v) is 8.29. The van der Waals surface area contributed by atoms with Crippen LogP contribution in [0.2, 0.25) is 0 Å². The van der Waals surface area contributed by atoms with Crippen LogP contribution in [0.25, 0.3) is 0 Å². The standard InChI is InChI=1S/C32H47FN4O2.3ClH/c1-6-28-26-12-13-32(30(26)37(7-2)34-28)14-16-36(17-15-32)20-23-18-25(35(5)29(21(3)4)31(38)39)19-27(23)22-8-10-24(33)11-9-22;;;/h8-11,21,23,25,27,29H,6-7,12-20H2,1-5H3,(H,38,39);3*1H/t23?,25?,27-,29-;;;/m1.../s1. The van der Waals surface area contributed by atoms with E-state index in [2.05, 4.69) is 28.3 Å². The molecule has 1 saturated heterocycles. The molecule has 1 saturated carbocycles. The van der Waals surface area contributed by atoms with Crippen LogP contribution in [-0.2, 0) is 29.6 Å². The van der Waals surface area contributed by atoms with Crippen molar-refractivity contribution in [2.75, 3.05) is 26.7 Å². The molecule has 5 rings (SSSR count). The van der Waals surface area contributed by atoms with Gasteiger partial charge in [-0.3, -0.25) is 14.4 Å². The fourth-order valence-electron chi connectivity index (χ4n) is 8.29. The second-order valence-corrected chi connectivity index (χ2v) is 12.8. The van der Waals surface area contributed by atoms with E-state index in [4.69, 9.17) is 5.10 Å². The van der Waals surface area contributed by atoms with E-state index < -0.39 is 12.0 Å². The minimum Gasteiger partial charge on any atom is -0.480 e. The smallest absolute Gasteiger partial charge is 0.321 e. The number of nitrogens with zero attached hydrogens (tertiary/aromatic N) is 4. The minimum absolute atomic E-state index is 0. The van der Waals surface area contributed by atoms with Gasteiger partial charge in [0.15, 0.2) is 0 Å².